The molecule has 0 aliphatic carbocycles. The van der Waals surface area contributed by atoms with E-state index in [-0.39, 0.29) is 0 Å². The smallest absolute Gasteiger partial charge is 0.208 e. The summed E-state index contributed by atoms with van der Waals surface area (Å²) in [6.45, 7) is 0. The van der Waals surface area contributed by atoms with E-state index in [0.717, 1.165) is 34.2 Å². The van der Waals surface area contributed by atoms with Crippen molar-refractivity contribution in [1.82, 2.24) is 9.55 Å². The molecule has 0 radical (unpaired) electrons. The van der Waals surface area contributed by atoms with Gasteiger partial charge in [0.25, 0.3) is 0 Å². The molecule has 21 heavy (non-hydrogen) atoms. The van der Waals surface area contributed by atoms with Crippen LogP contribution in [0.2, 0.25) is 0 Å². The highest BCUT2D eigenvalue weighted by atomic mass is 16.5. The van der Waals surface area contributed by atoms with Gasteiger partial charge < -0.3 is 19.4 Å². The van der Waals surface area contributed by atoms with Crippen molar-refractivity contribution >= 4 is 22.7 Å². The Labute approximate surface area is 123 Å². The first-order chi connectivity index (χ1) is 10.2. The molecule has 0 fully saturated rings. The Balaban J connectivity index is 2.00. The molecule has 1 heterocycles. The van der Waals surface area contributed by atoms with Gasteiger partial charge in [0.2, 0.25) is 5.95 Å². The Morgan fingerprint density at radius 2 is 1.67 bits per heavy atom. The lowest BCUT2D eigenvalue weighted by Gasteiger charge is -2.10. The predicted molar refractivity (Wildman–Crippen MR) is 83.5 cm³/mol. The SMILES string of the molecule is COc1cc(Nc2nc3ccccc3n2C)cc(OC)c1. The Hall–Kier alpha value is -2.69. The first-order valence-corrected chi connectivity index (χ1v) is 6.63. The number of aryl methyl sites for hydroxylation is 1. The highest BCUT2D eigenvalue weighted by molar-refractivity contribution is 5.79. The van der Waals surface area contributed by atoms with Crippen molar-refractivity contribution in [2.24, 2.45) is 7.05 Å². The van der Waals surface area contributed by atoms with E-state index < -0.39 is 0 Å². The van der Waals surface area contributed by atoms with Crippen molar-refractivity contribution in [3.05, 3.63) is 42.5 Å². The first-order valence-electron chi connectivity index (χ1n) is 6.63. The molecule has 0 aliphatic rings. The van der Waals surface area contributed by atoms with Gasteiger partial charge in [0, 0.05) is 30.9 Å². The fourth-order valence-electron chi connectivity index (χ4n) is 2.27. The fourth-order valence-corrected chi connectivity index (χ4v) is 2.27. The number of imidazole rings is 1. The van der Waals surface area contributed by atoms with E-state index in [1.54, 1.807) is 14.2 Å². The second kappa shape index (κ2) is 5.36. The lowest BCUT2D eigenvalue weighted by atomic mass is 10.3. The quantitative estimate of drug-likeness (QED) is 0.798. The molecule has 5 nitrogen and oxygen atoms in total. The Morgan fingerprint density at radius 3 is 2.29 bits per heavy atom. The van der Waals surface area contributed by atoms with Gasteiger partial charge in [-0.2, -0.15) is 0 Å². The highest BCUT2D eigenvalue weighted by Gasteiger charge is 2.08. The second-order valence-electron chi connectivity index (χ2n) is 4.71. The van der Waals surface area contributed by atoms with E-state index in [9.17, 15) is 0 Å². The van der Waals surface area contributed by atoms with Crippen LogP contribution in [-0.2, 0) is 7.05 Å². The van der Waals surface area contributed by atoms with Crippen molar-refractivity contribution in [2.45, 2.75) is 0 Å². The van der Waals surface area contributed by atoms with Crippen LogP contribution in [0.1, 0.15) is 0 Å². The van der Waals surface area contributed by atoms with E-state index in [4.69, 9.17) is 9.47 Å². The average molecular weight is 283 g/mol. The van der Waals surface area contributed by atoms with Crippen LogP contribution < -0.4 is 14.8 Å². The summed E-state index contributed by atoms with van der Waals surface area (Å²) in [4.78, 5) is 4.59. The molecule has 108 valence electrons. The molecule has 5 heteroatoms. The number of rotatable bonds is 4. The fraction of sp³-hybridized carbons (Fsp3) is 0.188. The van der Waals surface area contributed by atoms with Crippen LogP contribution in [-0.4, -0.2) is 23.8 Å². The monoisotopic (exact) mass is 283 g/mol. The molecule has 3 aromatic rings. The van der Waals surface area contributed by atoms with Gasteiger partial charge in [-0.3, -0.25) is 0 Å². The van der Waals surface area contributed by atoms with Gasteiger partial charge in [-0.15, -0.1) is 0 Å². The van der Waals surface area contributed by atoms with Crippen LogP contribution >= 0.6 is 0 Å². The molecule has 1 N–H and O–H groups in total. The number of anilines is 2. The van der Waals surface area contributed by atoms with Crippen LogP contribution in [0.25, 0.3) is 11.0 Å². The molecule has 0 saturated carbocycles. The summed E-state index contributed by atoms with van der Waals surface area (Å²) in [5.74, 6) is 2.23. The number of fused-ring (bicyclic) bond motifs is 1. The molecule has 0 aliphatic heterocycles. The van der Waals surface area contributed by atoms with E-state index in [1.165, 1.54) is 0 Å². The second-order valence-corrected chi connectivity index (χ2v) is 4.71. The third kappa shape index (κ3) is 2.50. The van der Waals surface area contributed by atoms with Gasteiger partial charge in [-0.1, -0.05) is 12.1 Å². The highest BCUT2D eigenvalue weighted by Crippen LogP contribution is 2.28. The lowest BCUT2D eigenvalue weighted by molar-refractivity contribution is 0.395. The standard InChI is InChI=1S/C16H17N3O2/c1-19-15-7-5-4-6-14(15)18-16(19)17-11-8-12(20-2)10-13(9-11)21-3/h4-10H,1-3H3,(H,17,18). The van der Waals surface area contributed by atoms with Crippen LogP contribution in [0.3, 0.4) is 0 Å². The normalized spacial score (nSPS) is 10.6. The molecule has 2 aromatic carbocycles. The Morgan fingerprint density at radius 1 is 1.00 bits per heavy atom. The molecule has 0 bridgehead atoms. The largest absolute Gasteiger partial charge is 0.497 e. The molecule has 0 saturated heterocycles. The molecule has 0 unspecified atom stereocenters. The van der Waals surface area contributed by atoms with Crippen molar-refractivity contribution in [1.29, 1.82) is 0 Å². The number of nitrogens with zero attached hydrogens (tertiary/aromatic N) is 2. The van der Waals surface area contributed by atoms with Crippen LogP contribution in [0.15, 0.2) is 42.5 Å². The summed E-state index contributed by atoms with van der Waals surface area (Å²) < 4.78 is 12.6. The van der Waals surface area contributed by atoms with Gasteiger partial charge in [0.15, 0.2) is 0 Å². The number of ether oxygens (including phenoxy) is 2. The first kappa shape index (κ1) is 13.3. The zero-order valence-corrected chi connectivity index (χ0v) is 12.3. The summed E-state index contributed by atoms with van der Waals surface area (Å²) in [5, 5.41) is 3.30. The topological polar surface area (TPSA) is 48.3 Å². The summed E-state index contributed by atoms with van der Waals surface area (Å²) in [5.41, 5.74) is 2.90. The zero-order valence-electron chi connectivity index (χ0n) is 12.3. The van der Waals surface area contributed by atoms with Crippen LogP contribution in [0.4, 0.5) is 11.6 Å². The molecular weight excluding hydrogens is 266 g/mol. The molecule has 0 spiro atoms. The summed E-state index contributed by atoms with van der Waals surface area (Å²) in [6, 6.07) is 13.7. The average Bonchev–Trinajstić information content (AvgIpc) is 2.83. The van der Waals surface area contributed by atoms with Crippen molar-refractivity contribution in [2.75, 3.05) is 19.5 Å². The van der Waals surface area contributed by atoms with E-state index >= 15 is 0 Å². The van der Waals surface area contributed by atoms with Gasteiger partial charge in [0.1, 0.15) is 11.5 Å². The van der Waals surface area contributed by atoms with Gasteiger partial charge in [-0.05, 0) is 12.1 Å². The lowest BCUT2D eigenvalue weighted by Crippen LogP contribution is -2.00. The number of hydrogen-bond acceptors (Lipinski definition) is 4. The van der Waals surface area contributed by atoms with E-state index in [2.05, 4.69) is 10.3 Å². The summed E-state index contributed by atoms with van der Waals surface area (Å²) >= 11 is 0. The van der Waals surface area contributed by atoms with Crippen LogP contribution in [0.5, 0.6) is 11.5 Å². The number of para-hydroxylation sites is 2. The van der Waals surface area contributed by atoms with Crippen molar-refractivity contribution in [3.8, 4) is 11.5 Å². The molecule has 3 rings (SSSR count). The third-order valence-electron chi connectivity index (χ3n) is 3.39. The molecular formula is C16H17N3O2. The predicted octanol–water partition coefficient (Wildman–Crippen LogP) is 3.33. The maximum Gasteiger partial charge on any atom is 0.208 e. The maximum absolute atomic E-state index is 5.28. The van der Waals surface area contributed by atoms with Gasteiger partial charge in [0.05, 0.1) is 25.3 Å². The summed E-state index contributed by atoms with van der Waals surface area (Å²) in [6.07, 6.45) is 0. The number of methoxy groups -OCH3 is 2. The van der Waals surface area contributed by atoms with E-state index in [1.807, 2.05) is 54.1 Å². The zero-order chi connectivity index (χ0) is 14.8. The summed E-state index contributed by atoms with van der Waals surface area (Å²) in [7, 11) is 5.25. The van der Waals surface area contributed by atoms with Gasteiger partial charge >= 0.3 is 0 Å². The number of aromatic nitrogens is 2. The van der Waals surface area contributed by atoms with Gasteiger partial charge in [-0.25, -0.2) is 4.98 Å². The number of benzene rings is 2. The van der Waals surface area contributed by atoms with Crippen LogP contribution in [0, 0.1) is 0 Å². The maximum atomic E-state index is 5.28. The Bertz CT molecular complexity index is 758. The number of nitrogens with one attached hydrogen (secondary N) is 1. The number of hydrogen-bond donors (Lipinski definition) is 1. The molecule has 0 atom stereocenters. The third-order valence-corrected chi connectivity index (χ3v) is 3.39. The van der Waals surface area contributed by atoms with E-state index in [0.29, 0.717) is 0 Å². The Kier molecular flexibility index (Phi) is 3.39. The minimum absolute atomic E-state index is 0.732. The molecule has 0 amide bonds. The van der Waals surface area contributed by atoms with Crippen molar-refractivity contribution in [3.63, 3.8) is 0 Å². The molecule has 1 aromatic heterocycles. The minimum atomic E-state index is 0.732. The van der Waals surface area contributed by atoms with Crippen molar-refractivity contribution < 1.29 is 9.47 Å². The minimum Gasteiger partial charge on any atom is -0.497 e.